The number of rotatable bonds is 4. The molecule has 0 aliphatic heterocycles. The topological polar surface area (TPSA) is 58.2 Å². The molecule has 94 valence electrons. The van der Waals surface area contributed by atoms with Crippen molar-refractivity contribution in [2.45, 2.75) is 18.2 Å². The Balaban J connectivity index is 2.66. The average Bonchev–Trinajstić information content (AvgIpc) is 2.26. The first kappa shape index (κ1) is 13.9. The van der Waals surface area contributed by atoms with Crippen LogP contribution in [0.2, 0.25) is 0 Å². The molecule has 0 bridgehead atoms. The van der Waals surface area contributed by atoms with Gasteiger partial charge in [0, 0.05) is 18.5 Å². The highest BCUT2D eigenvalue weighted by atomic mass is 32.2. The van der Waals surface area contributed by atoms with Crippen LogP contribution in [-0.2, 0) is 9.84 Å². The Kier molecular flexibility index (Phi) is 4.89. The van der Waals surface area contributed by atoms with Gasteiger partial charge in [0.1, 0.15) is 0 Å². The highest BCUT2D eigenvalue weighted by Gasteiger charge is 2.06. The molecule has 4 nitrogen and oxygen atoms in total. The molecule has 1 aromatic carbocycles. The molecule has 0 aliphatic rings. The number of sulfone groups is 1. The molecule has 0 aromatic heterocycles. The highest BCUT2D eigenvalue weighted by molar-refractivity contribution is 7.90. The van der Waals surface area contributed by atoms with E-state index in [0.29, 0.717) is 10.0 Å². The van der Waals surface area contributed by atoms with Crippen LogP contribution in [0.3, 0.4) is 0 Å². The first-order valence-corrected chi connectivity index (χ1v) is 7.58. The molecular weight excluding hydrogens is 256 g/mol. The Labute approximate surface area is 107 Å². The van der Waals surface area contributed by atoms with Gasteiger partial charge >= 0.3 is 0 Å². The summed E-state index contributed by atoms with van der Waals surface area (Å²) in [5, 5.41) is 6.55. The van der Waals surface area contributed by atoms with E-state index in [-0.39, 0.29) is 0 Å². The lowest BCUT2D eigenvalue weighted by Gasteiger charge is -2.09. The van der Waals surface area contributed by atoms with Crippen molar-refractivity contribution < 1.29 is 8.42 Å². The van der Waals surface area contributed by atoms with Gasteiger partial charge in [0.05, 0.1) is 4.90 Å². The Morgan fingerprint density at radius 3 is 2.35 bits per heavy atom. The molecule has 0 amide bonds. The fraction of sp³-hybridized carbons (Fsp3) is 0.364. The zero-order valence-corrected chi connectivity index (χ0v) is 11.5. The summed E-state index contributed by atoms with van der Waals surface area (Å²) in [4.78, 5) is 0.301. The van der Waals surface area contributed by atoms with Crippen LogP contribution in [0.15, 0.2) is 29.2 Å². The molecule has 0 aliphatic carbocycles. The van der Waals surface area contributed by atoms with Crippen molar-refractivity contribution >= 4 is 32.9 Å². The number of hydrogen-bond donors (Lipinski definition) is 2. The van der Waals surface area contributed by atoms with Crippen LogP contribution in [0.1, 0.15) is 13.3 Å². The van der Waals surface area contributed by atoms with Crippen LogP contribution in [0.5, 0.6) is 0 Å². The monoisotopic (exact) mass is 272 g/mol. The zero-order valence-electron chi connectivity index (χ0n) is 9.86. The molecule has 0 fully saturated rings. The number of anilines is 1. The third kappa shape index (κ3) is 4.70. The first-order chi connectivity index (χ1) is 7.93. The van der Waals surface area contributed by atoms with E-state index in [9.17, 15) is 8.42 Å². The van der Waals surface area contributed by atoms with Crippen LogP contribution >= 0.6 is 12.2 Å². The molecule has 1 rings (SSSR count). The second-order valence-electron chi connectivity index (χ2n) is 3.68. The van der Waals surface area contributed by atoms with Crippen molar-refractivity contribution in [2.24, 2.45) is 0 Å². The van der Waals surface area contributed by atoms with Gasteiger partial charge in [0.2, 0.25) is 0 Å². The van der Waals surface area contributed by atoms with E-state index >= 15 is 0 Å². The van der Waals surface area contributed by atoms with E-state index in [4.69, 9.17) is 12.2 Å². The second-order valence-corrected chi connectivity index (χ2v) is 6.10. The van der Waals surface area contributed by atoms with Crippen LogP contribution in [0.4, 0.5) is 5.69 Å². The van der Waals surface area contributed by atoms with Crippen molar-refractivity contribution in [2.75, 3.05) is 18.1 Å². The van der Waals surface area contributed by atoms with Crippen molar-refractivity contribution in [1.29, 1.82) is 0 Å². The lowest BCUT2D eigenvalue weighted by Crippen LogP contribution is -2.28. The van der Waals surface area contributed by atoms with E-state index in [2.05, 4.69) is 17.6 Å². The van der Waals surface area contributed by atoms with Crippen LogP contribution < -0.4 is 10.6 Å². The van der Waals surface area contributed by atoms with Gasteiger partial charge in [-0.25, -0.2) is 8.42 Å². The zero-order chi connectivity index (χ0) is 12.9. The van der Waals surface area contributed by atoms with Gasteiger partial charge in [-0.3, -0.25) is 0 Å². The van der Waals surface area contributed by atoms with Gasteiger partial charge in [-0.05, 0) is 42.9 Å². The number of benzene rings is 1. The molecule has 0 spiro atoms. The molecule has 0 saturated heterocycles. The Morgan fingerprint density at radius 2 is 1.88 bits per heavy atom. The lowest BCUT2D eigenvalue weighted by atomic mass is 10.3. The number of thiocarbonyl (C=S) groups is 1. The second kappa shape index (κ2) is 5.97. The summed E-state index contributed by atoms with van der Waals surface area (Å²) in [5.74, 6) is 0. The summed E-state index contributed by atoms with van der Waals surface area (Å²) in [7, 11) is -3.14. The summed E-state index contributed by atoms with van der Waals surface area (Å²) in [6.07, 6.45) is 2.18. The van der Waals surface area contributed by atoms with E-state index in [1.807, 2.05) is 0 Å². The third-order valence-electron chi connectivity index (χ3n) is 2.08. The summed E-state index contributed by atoms with van der Waals surface area (Å²) >= 11 is 5.07. The largest absolute Gasteiger partial charge is 0.362 e. The minimum absolute atomic E-state index is 0.301. The molecule has 1 aromatic rings. The van der Waals surface area contributed by atoms with Crippen molar-refractivity contribution in [3.05, 3.63) is 24.3 Å². The minimum atomic E-state index is -3.14. The van der Waals surface area contributed by atoms with E-state index in [1.165, 1.54) is 6.26 Å². The van der Waals surface area contributed by atoms with Gasteiger partial charge in [-0.15, -0.1) is 0 Å². The normalized spacial score (nSPS) is 10.9. The molecule has 0 heterocycles. The predicted molar refractivity (Wildman–Crippen MR) is 74.1 cm³/mol. The summed E-state index contributed by atoms with van der Waals surface area (Å²) in [6.45, 7) is 2.86. The van der Waals surface area contributed by atoms with E-state index < -0.39 is 9.84 Å². The fourth-order valence-electron chi connectivity index (χ4n) is 1.20. The third-order valence-corrected chi connectivity index (χ3v) is 3.45. The standard InChI is InChI=1S/C11H16N2O2S2/c1-3-8-12-11(16)13-9-4-6-10(7-5-9)17(2,14)15/h4-7H,3,8H2,1-2H3,(H2,12,13,16). The number of nitrogens with one attached hydrogen (secondary N) is 2. The summed E-state index contributed by atoms with van der Waals surface area (Å²) in [6, 6.07) is 6.49. The average molecular weight is 272 g/mol. The van der Waals surface area contributed by atoms with E-state index in [0.717, 1.165) is 18.7 Å². The maximum Gasteiger partial charge on any atom is 0.175 e. The van der Waals surface area contributed by atoms with Crippen LogP contribution in [0, 0.1) is 0 Å². The van der Waals surface area contributed by atoms with Gasteiger partial charge < -0.3 is 10.6 Å². The molecule has 0 radical (unpaired) electrons. The van der Waals surface area contributed by atoms with Crippen molar-refractivity contribution in [3.63, 3.8) is 0 Å². The highest BCUT2D eigenvalue weighted by Crippen LogP contribution is 2.13. The molecule has 0 atom stereocenters. The van der Waals surface area contributed by atoms with E-state index in [1.54, 1.807) is 24.3 Å². The number of hydrogen-bond acceptors (Lipinski definition) is 3. The molecule has 17 heavy (non-hydrogen) atoms. The van der Waals surface area contributed by atoms with Gasteiger partial charge in [-0.1, -0.05) is 6.92 Å². The maximum absolute atomic E-state index is 11.2. The minimum Gasteiger partial charge on any atom is -0.362 e. The Hall–Kier alpha value is -1.14. The van der Waals surface area contributed by atoms with Crippen molar-refractivity contribution in [1.82, 2.24) is 5.32 Å². The molecular formula is C11H16N2O2S2. The SMILES string of the molecule is CCCNC(=S)Nc1ccc(S(C)(=O)=O)cc1. The maximum atomic E-state index is 11.2. The van der Waals surface area contributed by atoms with Crippen LogP contribution in [0.25, 0.3) is 0 Å². The predicted octanol–water partition coefficient (Wildman–Crippen LogP) is 1.79. The quantitative estimate of drug-likeness (QED) is 0.818. The molecule has 0 saturated carbocycles. The van der Waals surface area contributed by atoms with Gasteiger partial charge in [-0.2, -0.15) is 0 Å². The lowest BCUT2D eigenvalue weighted by molar-refractivity contribution is 0.602. The molecule has 0 unspecified atom stereocenters. The van der Waals surface area contributed by atoms with Gasteiger partial charge in [0.25, 0.3) is 0 Å². The molecule has 6 heteroatoms. The summed E-state index contributed by atoms with van der Waals surface area (Å²) in [5.41, 5.74) is 0.769. The Bertz CT molecular complexity index is 481. The van der Waals surface area contributed by atoms with Gasteiger partial charge in [0.15, 0.2) is 14.9 Å². The first-order valence-electron chi connectivity index (χ1n) is 5.28. The van der Waals surface area contributed by atoms with Crippen LogP contribution in [-0.4, -0.2) is 26.3 Å². The fourth-order valence-corrected chi connectivity index (χ4v) is 2.05. The Morgan fingerprint density at radius 1 is 1.29 bits per heavy atom. The van der Waals surface area contributed by atoms with Crippen molar-refractivity contribution in [3.8, 4) is 0 Å². The molecule has 2 N–H and O–H groups in total. The smallest absolute Gasteiger partial charge is 0.175 e. The summed E-state index contributed by atoms with van der Waals surface area (Å²) < 4.78 is 22.5.